The molecule has 0 bridgehead atoms. The highest BCUT2D eigenvalue weighted by Gasteiger charge is 2.08. The molecule has 0 amide bonds. The van der Waals surface area contributed by atoms with Gasteiger partial charge in [-0.05, 0) is 25.0 Å². The molecule has 0 aliphatic rings. The standard InChI is InChI=1S/C12H19NO4S/c14-9-4-5-11-18(15,16)13-8-10-17-12-6-2-1-3-7-12/h1-3,6-7,13-14H,4-5,8-11H2. The van der Waals surface area contributed by atoms with Gasteiger partial charge in [-0.3, -0.25) is 0 Å². The monoisotopic (exact) mass is 273 g/mol. The number of hydrogen-bond acceptors (Lipinski definition) is 4. The van der Waals surface area contributed by atoms with Crippen molar-refractivity contribution in [1.82, 2.24) is 4.72 Å². The van der Waals surface area contributed by atoms with Gasteiger partial charge in [0, 0.05) is 13.2 Å². The predicted molar refractivity (Wildman–Crippen MR) is 70.0 cm³/mol. The van der Waals surface area contributed by atoms with Crippen LogP contribution in [0.25, 0.3) is 0 Å². The number of aliphatic hydroxyl groups is 1. The number of ether oxygens (including phenoxy) is 1. The summed E-state index contributed by atoms with van der Waals surface area (Å²) >= 11 is 0. The smallest absolute Gasteiger partial charge is 0.211 e. The zero-order chi connectivity index (χ0) is 13.3. The lowest BCUT2D eigenvalue weighted by molar-refractivity contribution is 0.287. The van der Waals surface area contributed by atoms with Crippen molar-refractivity contribution < 1.29 is 18.3 Å². The van der Waals surface area contributed by atoms with Gasteiger partial charge in [0.15, 0.2) is 0 Å². The summed E-state index contributed by atoms with van der Waals surface area (Å²) in [5, 5.41) is 8.57. The molecule has 0 aliphatic heterocycles. The van der Waals surface area contributed by atoms with Crippen LogP contribution in [0.3, 0.4) is 0 Å². The van der Waals surface area contributed by atoms with Crippen LogP contribution in [0.15, 0.2) is 30.3 Å². The largest absolute Gasteiger partial charge is 0.492 e. The third-order valence-corrected chi connectivity index (χ3v) is 3.73. The van der Waals surface area contributed by atoms with Crippen LogP contribution in [0, 0.1) is 0 Å². The van der Waals surface area contributed by atoms with E-state index < -0.39 is 10.0 Å². The summed E-state index contributed by atoms with van der Waals surface area (Å²) in [5.41, 5.74) is 0. The van der Waals surface area contributed by atoms with Crippen LogP contribution in [-0.4, -0.2) is 39.0 Å². The first-order chi connectivity index (χ1) is 8.64. The molecule has 1 aromatic carbocycles. The molecule has 0 saturated heterocycles. The highest BCUT2D eigenvalue weighted by atomic mass is 32.2. The highest BCUT2D eigenvalue weighted by Crippen LogP contribution is 2.07. The van der Waals surface area contributed by atoms with E-state index in [1.54, 1.807) is 0 Å². The fourth-order valence-electron chi connectivity index (χ4n) is 1.36. The van der Waals surface area contributed by atoms with Crippen molar-refractivity contribution in [2.75, 3.05) is 25.5 Å². The zero-order valence-corrected chi connectivity index (χ0v) is 11.0. The maximum Gasteiger partial charge on any atom is 0.211 e. The van der Waals surface area contributed by atoms with Gasteiger partial charge in [-0.1, -0.05) is 18.2 Å². The minimum absolute atomic E-state index is 0.0205. The van der Waals surface area contributed by atoms with Gasteiger partial charge in [0.1, 0.15) is 12.4 Å². The van der Waals surface area contributed by atoms with Crippen LogP contribution in [0.1, 0.15) is 12.8 Å². The summed E-state index contributed by atoms with van der Waals surface area (Å²) in [7, 11) is -3.25. The second kappa shape index (κ2) is 8.07. The summed E-state index contributed by atoms with van der Waals surface area (Å²) < 4.78 is 30.8. The molecule has 6 heteroatoms. The van der Waals surface area contributed by atoms with Gasteiger partial charge in [0.25, 0.3) is 0 Å². The lowest BCUT2D eigenvalue weighted by Gasteiger charge is -2.08. The number of sulfonamides is 1. The second-order valence-electron chi connectivity index (χ2n) is 3.81. The molecule has 1 aromatic rings. The number of unbranched alkanes of at least 4 members (excludes halogenated alkanes) is 1. The van der Waals surface area contributed by atoms with Gasteiger partial charge in [0.05, 0.1) is 5.75 Å². The molecule has 18 heavy (non-hydrogen) atoms. The molecule has 102 valence electrons. The van der Waals surface area contributed by atoms with Gasteiger partial charge in [0.2, 0.25) is 10.0 Å². The number of benzene rings is 1. The summed E-state index contributed by atoms with van der Waals surface area (Å²) in [6, 6.07) is 9.23. The Morgan fingerprint density at radius 2 is 1.89 bits per heavy atom. The van der Waals surface area contributed by atoms with Crippen LogP contribution in [-0.2, 0) is 10.0 Å². The van der Waals surface area contributed by atoms with Gasteiger partial charge < -0.3 is 9.84 Å². The molecule has 0 spiro atoms. The van der Waals surface area contributed by atoms with Crippen molar-refractivity contribution in [2.45, 2.75) is 12.8 Å². The Labute approximate surface area is 108 Å². The predicted octanol–water partition coefficient (Wildman–Crippen LogP) is 0.757. The van der Waals surface area contributed by atoms with E-state index in [9.17, 15) is 8.42 Å². The van der Waals surface area contributed by atoms with E-state index >= 15 is 0 Å². The molecule has 0 saturated carbocycles. The highest BCUT2D eigenvalue weighted by molar-refractivity contribution is 7.89. The lowest BCUT2D eigenvalue weighted by Crippen LogP contribution is -2.30. The van der Waals surface area contributed by atoms with E-state index in [0.29, 0.717) is 19.4 Å². The van der Waals surface area contributed by atoms with E-state index in [0.717, 1.165) is 5.75 Å². The van der Waals surface area contributed by atoms with Crippen LogP contribution in [0.4, 0.5) is 0 Å². The van der Waals surface area contributed by atoms with Crippen molar-refractivity contribution in [3.8, 4) is 5.75 Å². The third-order valence-electron chi connectivity index (χ3n) is 2.26. The summed E-state index contributed by atoms with van der Waals surface area (Å²) in [4.78, 5) is 0. The second-order valence-corrected chi connectivity index (χ2v) is 5.73. The minimum atomic E-state index is -3.25. The van der Waals surface area contributed by atoms with E-state index in [1.165, 1.54) is 0 Å². The third kappa shape index (κ3) is 6.58. The average Bonchev–Trinajstić information content (AvgIpc) is 2.36. The molecular formula is C12H19NO4S. The Hall–Kier alpha value is -1.11. The van der Waals surface area contributed by atoms with Crippen LogP contribution < -0.4 is 9.46 Å². The molecule has 0 fully saturated rings. The minimum Gasteiger partial charge on any atom is -0.492 e. The van der Waals surface area contributed by atoms with Crippen LogP contribution in [0.2, 0.25) is 0 Å². The van der Waals surface area contributed by atoms with Gasteiger partial charge >= 0.3 is 0 Å². The fourth-order valence-corrected chi connectivity index (χ4v) is 2.48. The Morgan fingerprint density at radius 1 is 1.17 bits per heavy atom. The first kappa shape index (κ1) is 14.9. The molecule has 0 aliphatic carbocycles. The SMILES string of the molecule is O=S(=O)(CCCCO)NCCOc1ccccc1. The molecular weight excluding hydrogens is 254 g/mol. The maximum atomic E-state index is 11.5. The average molecular weight is 273 g/mol. The van der Waals surface area contributed by atoms with Crippen molar-refractivity contribution in [1.29, 1.82) is 0 Å². The van der Waals surface area contributed by atoms with Gasteiger partial charge in [-0.25, -0.2) is 13.1 Å². The fraction of sp³-hybridized carbons (Fsp3) is 0.500. The Morgan fingerprint density at radius 3 is 2.56 bits per heavy atom. The number of aliphatic hydroxyl groups excluding tert-OH is 1. The molecule has 5 nitrogen and oxygen atoms in total. The molecule has 0 unspecified atom stereocenters. The Balaban J connectivity index is 2.17. The van der Waals surface area contributed by atoms with Crippen LogP contribution in [0.5, 0.6) is 5.75 Å². The molecule has 0 aromatic heterocycles. The maximum absolute atomic E-state index is 11.5. The molecule has 2 N–H and O–H groups in total. The number of nitrogens with one attached hydrogen (secondary N) is 1. The molecule has 1 rings (SSSR count). The van der Waals surface area contributed by atoms with Crippen molar-refractivity contribution in [3.63, 3.8) is 0 Å². The van der Waals surface area contributed by atoms with Crippen molar-refractivity contribution >= 4 is 10.0 Å². The van der Waals surface area contributed by atoms with E-state index in [-0.39, 0.29) is 18.9 Å². The molecule has 0 radical (unpaired) electrons. The summed E-state index contributed by atoms with van der Waals surface area (Å²) in [6.07, 6.45) is 0.965. The van der Waals surface area contributed by atoms with Crippen molar-refractivity contribution in [2.24, 2.45) is 0 Å². The van der Waals surface area contributed by atoms with Gasteiger partial charge in [-0.2, -0.15) is 0 Å². The Bertz CT molecular complexity index is 419. The van der Waals surface area contributed by atoms with Gasteiger partial charge in [-0.15, -0.1) is 0 Å². The van der Waals surface area contributed by atoms with E-state index in [1.807, 2.05) is 30.3 Å². The van der Waals surface area contributed by atoms with E-state index in [4.69, 9.17) is 9.84 Å². The molecule has 0 heterocycles. The lowest BCUT2D eigenvalue weighted by atomic mass is 10.3. The number of para-hydroxylation sites is 1. The number of rotatable bonds is 9. The topological polar surface area (TPSA) is 75.6 Å². The first-order valence-electron chi connectivity index (χ1n) is 5.90. The summed E-state index contributed by atoms with van der Waals surface area (Å²) in [5.74, 6) is 0.760. The van der Waals surface area contributed by atoms with Crippen LogP contribution >= 0.6 is 0 Å². The Kier molecular flexibility index (Phi) is 6.70. The number of hydrogen-bond donors (Lipinski definition) is 2. The van der Waals surface area contributed by atoms with E-state index in [2.05, 4.69) is 4.72 Å². The normalized spacial score (nSPS) is 11.4. The first-order valence-corrected chi connectivity index (χ1v) is 7.55. The molecule has 0 atom stereocenters. The quantitative estimate of drug-likeness (QED) is 0.651. The zero-order valence-electron chi connectivity index (χ0n) is 10.2. The summed E-state index contributed by atoms with van der Waals surface area (Å²) in [6.45, 7) is 0.562. The van der Waals surface area contributed by atoms with Crippen molar-refractivity contribution in [3.05, 3.63) is 30.3 Å².